The molecule has 0 heterocycles. The van der Waals surface area contributed by atoms with E-state index in [2.05, 4.69) is 39.6 Å². The Hall–Kier alpha value is -1.51. The molecule has 1 rings (SSSR count). The standard InChI is InChI=1S/C14H23N3/c1-9(2)11(4)17(5)13-7-6-12(14(15)16)8-10(13)3/h6-9,11H,1-5H3,(H3,15,16). The van der Waals surface area contributed by atoms with Crippen molar-refractivity contribution in [2.24, 2.45) is 11.7 Å². The third-order valence-corrected chi connectivity index (χ3v) is 3.46. The van der Waals surface area contributed by atoms with Gasteiger partial charge in [0, 0.05) is 24.3 Å². The summed E-state index contributed by atoms with van der Waals surface area (Å²) in [5, 5.41) is 7.43. The summed E-state index contributed by atoms with van der Waals surface area (Å²) in [4.78, 5) is 2.28. The molecular formula is C14H23N3. The Balaban J connectivity index is 3.03. The Morgan fingerprint density at radius 1 is 1.29 bits per heavy atom. The lowest BCUT2D eigenvalue weighted by atomic mass is 10.0. The molecule has 0 spiro atoms. The molecule has 1 aromatic carbocycles. The summed E-state index contributed by atoms with van der Waals surface area (Å²) >= 11 is 0. The van der Waals surface area contributed by atoms with Crippen LogP contribution in [0.25, 0.3) is 0 Å². The van der Waals surface area contributed by atoms with Crippen LogP contribution in [0.3, 0.4) is 0 Å². The number of aryl methyl sites for hydroxylation is 1. The third kappa shape index (κ3) is 2.99. The van der Waals surface area contributed by atoms with Crippen LogP contribution in [-0.2, 0) is 0 Å². The summed E-state index contributed by atoms with van der Waals surface area (Å²) in [7, 11) is 2.11. The molecule has 0 aliphatic heterocycles. The average Bonchev–Trinajstić information content (AvgIpc) is 2.26. The minimum atomic E-state index is 0.124. The van der Waals surface area contributed by atoms with Crippen molar-refractivity contribution in [3.05, 3.63) is 29.3 Å². The van der Waals surface area contributed by atoms with Crippen LogP contribution in [0.4, 0.5) is 5.69 Å². The Bertz CT molecular complexity index is 410. The zero-order valence-corrected chi connectivity index (χ0v) is 11.4. The van der Waals surface area contributed by atoms with Crippen molar-refractivity contribution in [2.45, 2.75) is 33.7 Å². The molecule has 3 heteroatoms. The van der Waals surface area contributed by atoms with E-state index in [0.29, 0.717) is 12.0 Å². The molecule has 1 unspecified atom stereocenters. The molecule has 17 heavy (non-hydrogen) atoms. The maximum Gasteiger partial charge on any atom is 0.122 e. The minimum absolute atomic E-state index is 0.124. The van der Waals surface area contributed by atoms with Gasteiger partial charge in [-0.25, -0.2) is 0 Å². The van der Waals surface area contributed by atoms with Crippen LogP contribution < -0.4 is 10.6 Å². The zero-order chi connectivity index (χ0) is 13.2. The molecule has 0 amide bonds. The molecule has 0 aromatic heterocycles. The van der Waals surface area contributed by atoms with E-state index in [-0.39, 0.29) is 5.84 Å². The Kier molecular flexibility index (Phi) is 4.16. The van der Waals surface area contributed by atoms with Gasteiger partial charge < -0.3 is 10.6 Å². The van der Waals surface area contributed by atoms with Crippen molar-refractivity contribution >= 4 is 11.5 Å². The fourth-order valence-electron chi connectivity index (χ4n) is 1.89. The minimum Gasteiger partial charge on any atom is -0.384 e. The fraction of sp³-hybridized carbons (Fsp3) is 0.500. The van der Waals surface area contributed by atoms with Gasteiger partial charge in [-0.15, -0.1) is 0 Å². The molecule has 0 fully saturated rings. The van der Waals surface area contributed by atoms with Gasteiger partial charge in [-0.2, -0.15) is 0 Å². The van der Waals surface area contributed by atoms with Gasteiger partial charge in [0.2, 0.25) is 0 Å². The Labute approximate surface area is 104 Å². The molecule has 0 bridgehead atoms. The third-order valence-electron chi connectivity index (χ3n) is 3.46. The zero-order valence-electron chi connectivity index (χ0n) is 11.4. The molecule has 1 aromatic rings. The number of amidine groups is 1. The molecule has 0 saturated carbocycles. The second-order valence-electron chi connectivity index (χ2n) is 5.01. The van der Waals surface area contributed by atoms with E-state index in [1.807, 2.05) is 18.2 Å². The van der Waals surface area contributed by atoms with E-state index in [4.69, 9.17) is 11.1 Å². The Morgan fingerprint density at radius 3 is 2.29 bits per heavy atom. The van der Waals surface area contributed by atoms with E-state index in [9.17, 15) is 0 Å². The van der Waals surface area contributed by atoms with Gasteiger partial charge in [0.05, 0.1) is 0 Å². The lowest BCUT2D eigenvalue weighted by Gasteiger charge is -2.31. The summed E-state index contributed by atoms with van der Waals surface area (Å²) in [6.45, 7) is 8.73. The van der Waals surface area contributed by atoms with E-state index in [1.165, 1.54) is 5.69 Å². The van der Waals surface area contributed by atoms with Gasteiger partial charge in [0.1, 0.15) is 5.84 Å². The van der Waals surface area contributed by atoms with Crippen molar-refractivity contribution in [3.63, 3.8) is 0 Å². The van der Waals surface area contributed by atoms with Crippen LogP contribution in [0.15, 0.2) is 18.2 Å². The van der Waals surface area contributed by atoms with Crippen molar-refractivity contribution in [1.29, 1.82) is 5.41 Å². The summed E-state index contributed by atoms with van der Waals surface area (Å²) in [5.41, 5.74) is 8.64. The second-order valence-corrected chi connectivity index (χ2v) is 5.01. The maximum atomic E-state index is 7.43. The normalized spacial score (nSPS) is 12.6. The predicted octanol–water partition coefficient (Wildman–Crippen LogP) is 2.76. The average molecular weight is 233 g/mol. The van der Waals surface area contributed by atoms with Gasteiger partial charge in [0.15, 0.2) is 0 Å². The quantitative estimate of drug-likeness (QED) is 0.620. The largest absolute Gasteiger partial charge is 0.384 e. The van der Waals surface area contributed by atoms with Crippen LogP contribution in [0.5, 0.6) is 0 Å². The van der Waals surface area contributed by atoms with Crippen LogP contribution in [-0.4, -0.2) is 18.9 Å². The first-order valence-corrected chi connectivity index (χ1v) is 6.02. The lowest BCUT2D eigenvalue weighted by molar-refractivity contribution is 0.505. The summed E-state index contributed by atoms with van der Waals surface area (Å²) < 4.78 is 0. The number of rotatable bonds is 4. The highest BCUT2D eigenvalue weighted by molar-refractivity contribution is 5.95. The predicted molar refractivity (Wildman–Crippen MR) is 74.9 cm³/mol. The topological polar surface area (TPSA) is 53.1 Å². The van der Waals surface area contributed by atoms with Crippen LogP contribution in [0.2, 0.25) is 0 Å². The number of nitrogens with zero attached hydrogens (tertiary/aromatic N) is 1. The molecule has 1 atom stereocenters. The van der Waals surface area contributed by atoms with Gasteiger partial charge in [-0.1, -0.05) is 13.8 Å². The molecule has 0 aliphatic rings. The van der Waals surface area contributed by atoms with Crippen LogP contribution in [0, 0.1) is 18.3 Å². The van der Waals surface area contributed by atoms with E-state index < -0.39 is 0 Å². The molecule has 0 radical (unpaired) electrons. The summed E-state index contributed by atoms with van der Waals surface area (Å²) in [5.74, 6) is 0.728. The molecular weight excluding hydrogens is 210 g/mol. The van der Waals surface area contributed by atoms with Crippen LogP contribution >= 0.6 is 0 Å². The summed E-state index contributed by atoms with van der Waals surface area (Å²) in [6.07, 6.45) is 0. The van der Waals surface area contributed by atoms with E-state index >= 15 is 0 Å². The molecule has 3 N–H and O–H groups in total. The highest BCUT2D eigenvalue weighted by Gasteiger charge is 2.15. The van der Waals surface area contributed by atoms with Crippen LogP contribution in [0.1, 0.15) is 31.9 Å². The molecule has 94 valence electrons. The smallest absolute Gasteiger partial charge is 0.122 e. The van der Waals surface area contributed by atoms with Crippen molar-refractivity contribution in [1.82, 2.24) is 0 Å². The maximum absolute atomic E-state index is 7.43. The van der Waals surface area contributed by atoms with Crippen molar-refractivity contribution < 1.29 is 0 Å². The first-order valence-electron chi connectivity index (χ1n) is 6.02. The highest BCUT2D eigenvalue weighted by Crippen LogP contribution is 2.24. The summed E-state index contributed by atoms with van der Waals surface area (Å²) in [6, 6.07) is 6.41. The van der Waals surface area contributed by atoms with Gasteiger partial charge in [-0.3, -0.25) is 5.41 Å². The number of nitrogen functional groups attached to an aromatic ring is 1. The molecule has 3 nitrogen and oxygen atoms in total. The first-order chi connectivity index (χ1) is 7.84. The lowest BCUT2D eigenvalue weighted by Crippen LogP contribution is -2.33. The monoisotopic (exact) mass is 233 g/mol. The van der Waals surface area contributed by atoms with Crippen molar-refractivity contribution in [3.8, 4) is 0 Å². The highest BCUT2D eigenvalue weighted by atomic mass is 15.1. The van der Waals surface area contributed by atoms with Gasteiger partial charge in [0.25, 0.3) is 0 Å². The number of nitrogens with one attached hydrogen (secondary N) is 1. The first kappa shape index (κ1) is 13.6. The van der Waals surface area contributed by atoms with Gasteiger partial charge in [-0.05, 0) is 43.5 Å². The second kappa shape index (κ2) is 5.21. The van der Waals surface area contributed by atoms with Crippen molar-refractivity contribution in [2.75, 3.05) is 11.9 Å². The SMILES string of the molecule is Cc1cc(C(=N)N)ccc1N(C)C(C)C(C)C. The fourth-order valence-corrected chi connectivity index (χ4v) is 1.89. The molecule has 0 saturated heterocycles. The van der Waals surface area contributed by atoms with E-state index in [0.717, 1.165) is 11.1 Å². The number of hydrogen-bond acceptors (Lipinski definition) is 2. The van der Waals surface area contributed by atoms with E-state index in [1.54, 1.807) is 0 Å². The molecule has 0 aliphatic carbocycles. The van der Waals surface area contributed by atoms with Gasteiger partial charge >= 0.3 is 0 Å². The number of anilines is 1. The number of benzene rings is 1. The number of nitrogens with two attached hydrogens (primary N) is 1. The number of hydrogen-bond donors (Lipinski definition) is 2. The Morgan fingerprint density at radius 2 is 1.88 bits per heavy atom.